The molecule has 0 N–H and O–H groups in total. The van der Waals surface area contributed by atoms with Gasteiger partial charge in [-0.15, -0.1) is 0 Å². The van der Waals surface area contributed by atoms with Gasteiger partial charge in [0.2, 0.25) is 0 Å². The van der Waals surface area contributed by atoms with Crippen molar-refractivity contribution < 1.29 is 23.4 Å². The molecule has 0 bridgehead atoms. The van der Waals surface area contributed by atoms with Crippen LogP contribution in [0.25, 0.3) is 0 Å². The maximum absolute atomic E-state index is 12.3. The third-order valence-electron chi connectivity index (χ3n) is 3.58. The molecule has 0 saturated carbocycles. The number of rotatable bonds is 4. The van der Waals surface area contributed by atoms with E-state index < -0.39 is 15.3 Å². The zero-order valence-corrected chi connectivity index (χ0v) is 10.4. The van der Waals surface area contributed by atoms with Gasteiger partial charge in [-0.05, 0) is 0 Å². The van der Waals surface area contributed by atoms with Crippen LogP contribution in [0.5, 0.6) is 0 Å². The molecule has 0 radical (unpaired) electrons. The van der Waals surface area contributed by atoms with Gasteiger partial charge in [0.1, 0.15) is 6.79 Å². The van der Waals surface area contributed by atoms with E-state index in [1.165, 1.54) is 0 Å². The summed E-state index contributed by atoms with van der Waals surface area (Å²) in [5.74, 6) is 0. The molecular formula is C9H22O2Ti. The summed E-state index contributed by atoms with van der Waals surface area (Å²) in [5, 5.41) is 0. The van der Waals surface area contributed by atoms with Crippen molar-refractivity contribution in [3.8, 4) is 0 Å². The summed E-state index contributed by atoms with van der Waals surface area (Å²) in [6, 6.07) is 0. The molecule has 0 aromatic carbocycles. The van der Waals surface area contributed by atoms with Gasteiger partial charge in [0.15, 0.2) is 0 Å². The molecule has 0 aromatic heterocycles. The Morgan fingerprint density at radius 3 is 1.00 bits per heavy atom. The third kappa shape index (κ3) is 3.28. The van der Waals surface area contributed by atoms with Crippen molar-refractivity contribution in [3.63, 3.8) is 0 Å². The minimum absolute atomic E-state index is 0.945. The first-order chi connectivity index (χ1) is 5.54. The number of carbonyl (C=O) groups excluding carboxylic acids is 1. The first-order valence-electron chi connectivity index (χ1n) is 4.74. The van der Waals surface area contributed by atoms with E-state index in [0.717, 1.165) is 18.9 Å². The molecule has 0 atom stereocenters. The molecule has 0 aliphatic heterocycles. The van der Waals surface area contributed by atoms with Gasteiger partial charge < -0.3 is 4.79 Å². The van der Waals surface area contributed by atoms with Crippen molar-refractivity contribution in [2.75, 3.05) is 0 Å². The molecule has 0 saturated heterocycles. The molecule has 0 amide bonds. The van der Waals surface area contributed by atoms with Gasteiger partial charge in [-0.2, -0.15) is 0 Å². The molecular weight excluding hydrogens is 188 g/mol. The molecule has 0 unspecified atom stereocenters. The van der Waals surface area contributed by atoms with E-state index in [-0.39, 0.29) is 0 Å². The Hall–Kier alpha value is 0.184. The molecule has 0 rings (SSSR count). The Morgan fingerprint density at radius 2 is 1.00 bits per heavy atom. The van der Waals surface area contributed by atoms with E-state index >= 15 is 0 Å². The fraction of sp³-hybridized carbons (Fsp3) is 0.889. The molecule has 0 aliphatic carbocycles. The summed E-state index contributed by atoms with van der Waals surface area (Å²) in [6.45, 7) is 10.3. The van der Waals surface area contributed by atoms with Crippen LogP contribution in [0.4, 0.5) is 0 Å². The minimum atomic E-state index is -3.06. The van der Waals surface area contributed by atoms with Gasteiger partial charge in [-0.25, -0.2) is 0 Å². The van der Waals surface area contributed by atoms with Crippen molar-refractivity contribution in [2.24, 2.45) is 0 Å². The van der Waals surface area contributed by atoms with Gasteiger partial charge in [0, 0.05) is 0 Å². The Balaban J connectivity index is 0. The quantitative estimate of drug-likeness (QED) is 0.664. The number of carbonyl (C=O) groups is 1. The van der Waals surface area contributed by atoms with Crippen LogP contribution in [0.2, 0.25) is 18.9 Å². The summed E-state index contributed by atoms with van der Waals surface area (Å²) in [7, 11) is 0. The number of hydrogen-bond donors (Lipinski definition) is 0. The standard InChI is InChI=1S/4C2H5.CH2O.O.Ti/c5*1-2;;/h4*1H2,2H3;1H2;;. The fourth-order valence-corrected chi connectivity index (χ4v) is 6.18. The maximum atomic E-state index is 12.3. The van der Waals surface area contributed by atoms with Gasteiger partial charge in [-0.1, -0.05) is 0 Å². The van der Waals surface area contributed by atoms with Crippen molar-refractivity contribution in [2.45, 2.75) is 46.6 Å². The summed E-state index contributed by atoms with van der Waals surface area (Å²) >= 11 is -3.06. The van der Waals surface area contributed by atoms with E-state index in [9.17, 15) is 3.32 Å². The second-order valence-corrected chi connectivity index (χ2v) is 14.4. The predicted molar refractivity (Wildman–Crippen MR) is 49.7 cm³/mol. The molecule has 0 fully saturated rings. The van der Waals surface area contributed by atoms with E-state index in [1.54, 1.807) is 0 Å². The van der Waals surface area contributed by atoms with Crippen LogP contribution in [0.15, 0.2) is 0 Å². The van der Waals surface area contributed by atoms with Gasteiger partial charge in [-0.3, -0.25) is 0 Å². The summed E-state index contributed by atoms with van der Waals surface area (Å²) in [4.78, 5) is 8.00. The van der Waals surface area contributed by atoms with Crippen LogP contribution in [-0.4, -0.2) is 6.79 Å². The summed E-state index contributed by atoms with van der Waals surface area (Å²) in [5.41, 5.74) is 0. The molecule has 0 heterocycles. The molecule has 0 aromatic rings. The van der Waals surface area contributed by atoms with E-state index in [4.69, 9.17) is 4.79 Å². The van der Waals surface area contributed by atoms with Crippen LogP contribution in [0.3, 0.4) is 0 Å². The molecule has 12 heavy (non-hydrogen) atoms. The number of hydrogen-bond acceptors (Lipinski definition) is 2. The van der Waals surface area contributed by atoms with Gasteiger partial charge in [0.25, 0.3) is 0 Å². The van der Waals surface area contributed by atoms with Crippen molar-refractivity contribution >= 4 is 6.79 Å². The van der Waals surface area contributed by atoms with Crippen LogP contribution in [0, 0.1) is 0 Å². The summed E-state index contributed by atoms with van der Waals surface area (Å²) in [6.07, 6.45) is 0. The van der Waals surface area contributed by atoms with Crippen LogP contribution in [-0.2, 0) is 23.4 Å². The molecule has 3 heteroatoms. The molecule has 2 nitrogen and oxygen atoms in total. The normalized spacial score (nSPS) is 11.8. The van der Waals surface area contributed by atoms with E-state index in [0.29, 0.717) is 0 Å². The topological polar surface area (TPSA) is 34.1 Å². The predicted octanol–water partition coefficient (Wildman–Crippen LogP) is 3.59. The average molecular weight is 210 g/mol. The first kappa shape index (κ1) is 14.7. The molecule has 0 spiro atoms. The second-order valence-electron chi connectivity index (χ2n) is 3.49. The first-order valence-corrected chi connectivity index (χ1v) is 9.79. The average Bonchev–Trinajstić information content (AvgIpc) is 2.20. The Bertz CT molecular complexity index is 138. The third-order valence-corrected chi connectivity index (χ3v) is 14.7. The van der Waals surface area contributed by atoms with E-state index in [1.807, 2.05) is 6.79 Å². The van der Waals surface area contributed by atoms with Crippen molar-refractivity contribution in [3.05, 3.63) is 0 Å². The monoisotopic (exact) mass is 210 g/mol. The zero-order valence-electron chi connectivity index (χ0n) is 8.85. The SMILES string of the molecule is C=O.C[CH2][Ti](=[O])([CH2]C)([CH2]C)[CH2]C. The van der Waals surface area contributed by atoms with Crippen LogP contribution in [0.1, 0.15) is 27.7 Å². The second kappa shape index (κ2) is 5.77. The molecule has 0 aliphatic rings. The van der Waals surface area contributed by atoms with Crippen molar-refractivity contribution in [1.29, 1.82) is 0 Å². The zero-order chi connectivity index (χ0) is 10.3. The Labute approximate surface area is 76.9 Å². The molecule has 74 valence electrons. The van der Waals surface area contributed by atoms with Crippen LogP contribution < -0.4 is 0 Å². The van der Waals surface area contributed by atoms with Crippen molar-refractivity contribution in [1.82, 2.24) is 0 Å². The van der Waals surface area contributed by atoms with E-state index in [2.05, 4.69) is 27.7 Å². The Kier molecular flexibility index (Phi) is 7.06. The van der Waals surface area contributed by atoms with Crippen LogP contribution >= 0.6 is 0 Å². The van der Waals surface area contributed by atoms with Gasteiger partial charge >= 0.3 is 65.2 Å². The fourth-order valence-electron chi connectivity index (χ4n) is 1.50. The summed E-state index contributed by atoms with van der Waals surface area (Å²) < 4.78 is 16.1. The Morgan fingerprint density at radius 1 is 0.833 bits per heavy atom. The van der Waals surface area contributed by atoms with Gasteiger partial charge in [0.05, 0.1) is 0 Å².